The summed E-state index contributed by atoms with van der Waals surface area (Å²) in [7, 11) is 1.58. The van der Waals surface area contributed by atoms with Gasteiger partial charge in [0.2, 0.25) is 5.88 Å². The van der Waals surface area contributed by atoms with Crippen LogP contribution in [0.1, 0.15) is 39.2 Å². The van der Waals surface area contributed by atoms with Crippen LogP contribution in [0.4, 0.5) is 4.79 Å². The topological polar surface area (TPSA) is 82.6 Å². The fraction of sp³-hybridized carbons (Fsp3) is 0.476. The van der Waals surface area contributed by atoms with Crippen LogP contribution < -0.4 is 10.1 Å². The van der Waals surface area contributed by atoms with E-state index in [4.69, 9.17) is 14.2 Å². The lowest BCUT2D eigenvalue weighted by Gasteiger charge is -2.28. The van der Waals surface area contributed by atoms with Crippen LogP contribution in [0.25, 0.3) is 11.0 Å². The van der Waals surface area contributed by atoms with E-state index in [9.17, 15) is 4.79 Å². The Morgan fingerprint density at radius 3 is 2.79 bits per heavy atom. The number of pyridine rings is 2. The van der Waals surface area contributed by atoms with Crippen LogP contribution in [0.3, 0.4) is 0 Å². The monoisotopic (exact) mass is 383 g/mol. The Bertz CT molecular complexity index is 903. The smallest absolute Gasteiger partial charge is 0.407 e. The van der Waals surface area contributed by atoms with Crippen molar-refractivity contribution in [2.75, 3.05) is 13.7 Å². The molecular formula is C21H25N3O4. The Balaban J connectivity index is 1.61. The molecule has 0 unspecified atom stereocenters. The number of nitrogens with zero attached hydrogens (tertiary/aromatic N) is 2. The second-order valence-electron chi connectivity index (χ2n) is 7.59. The van der Waals surface area contributed by atoms with Crippen LogP contribution >= 0.6 is 0 Å². The number of ether oxygens (including phenoxy) is 3. The zero-order chi connectivity index (χ0) is 20.1. The van der Waals surface area contributed by atoms with E-state index in [1.807, 2.05) is 32.9 Å². The maximum absolute atomic E-state index is 11.9. The van der Waals surface area contributed by atoms with Crippen molar-refractivity contribution in [3.05, 3.63) is 30.0 Å². The van der Waals surface area contributed by atoms with Crippen molar-refractivity contribution in [3.63, 3.8) is 0 Å². The highest BCUT2D eigenvalue weighted by Gasteiger charge is 2.24. The van der Waals surface area contributed by atoms with Gasteiger partial charge in [-0.2, -0.15) is 0 Å². The predicted octanol–water partition coefficient (Wildman–Crippen LogP) is 3.06. The van der Waals surface area contributed by atoms with Gasteiger partial charge in [-0.1, -0.05) is 11.8 Å². The van der Waals surface area contributed by atoms with Crippen molar-refractivity contribution in [2.45, 2.75) is 51.4 Å². The van der Waals surface area contributed by atoms with Gasteiger partial charge in [0.15, 0.2) is 0 Å². The zero-order valence-corrected chi connectivity index (χ0v) is 16.6. The first-order valence-electron chi connectivity index (χ1n) is 9.26. The third-order valence-electron chi connectivity index (χ3n) is 4.13. The minimum Gasteiger partial charge on any atom is -0.481 e. The molecule has 2 aromatic rings. The first kappa shape index (κ1) is 19.9. The SMILES string of the molecule is COc1ccc2nccc(C#C[C@@H]3CC[C@@H](NC(=O)OC(C)(C)C)CO3)c2n1. The molecule has 7 heteroatoms. The number of hydrogen-bond acceptors (Lipinski definition) is 6. The molecule has 0 aromatic carbocycles. The minimum atomic E-state index is -0.516. The Morgan fingerprint density at radius 2 is 2.11 bits per heavy atom. The molecule has 1 aliphatic rings. The highest BCUT2D eigenvalue weighted by molar-refractivity contribution is 5.81. The molecule has 1 fully saturated rings. The molecule has 2 atom stereocenters. The predicted molar refractivity (Wildman–Crippen MR) is 105 cm³/mol. The molecule has 2 aromatic heterocycles. The third kappa shape index (κ3) is 5.33. The van der Waals surface area contributed by atoms with Crippen LogP contribution in [0.5, 0.6) is 5.88 Å². The maximum Gasteiger partial charge on any atom is 0.407 e. The minimum absolute atomic E-state index is 0.0689. The van der Waals surface area contributed by atoms with Gasteiger partial charge in [0.25, 0.3) is 0 Å². The summed E-state index contributed by atoms with van der Waals surface area (Å²) in [6, 6.07) is 5.39. The van der Waals surface area contributed by atoms with Gasteiger partial charge in [-0.15, -0.1) is 0 Å². The quantitative estimate of drug-likeness (QED) is 0.803. The average molecular weight is 383 g/mol. The second kappa shape index (κ2) is 8.44. The number of fused-ring (bicyclic) bond motifs is 1. The van der Waals surface area contributed by atoms with Crippen molar-refractivity contribution >= 4 is 17.1 Å². The number of hydrogen-bond donors (Lipinski definition) is 1. The number of methoxy groups -OCH3 is 1. The van der Waals surface area contributed by atoms with Crippen molar-refractivity contribution in [2.24, 2.45) is 0 Å². The van der Waals surface area contributed by atoms with Crippen LogP contribution in [0.15, 0.2) is 24.4 Å². The number of amides is 1. The van der Waals surface area contributed by atoms with Gasteiger partial charge in [-0.3, -0.25) is 4.98 Å². The van der Waals surface area contributed by atoms with E-state index >= 15 is 0 Å². The molecule has 3 heterocycles. The lowest BCUT2D eigenvalue weighted by molar-refractivity contribution is 0.0169. The van der Waals surface area contributed by atoms with Gasteiger partial charge >= 0.3 is 6.09 Å². The normalized spacial score (nSPS) is 19.4. The van der Waals surface area contributed by atoms with Crippen LogP contribution in [0, 0.1) is 11.8 Å². The highest BCUT2D eigenvalue weighted by atomic mass is 16.6. The standard InChI is InChI=1S/C21H25N3O4/c1-21(2,3)28-20(25)23-15-6-8-16(27-13-15)7-5-14-11-12-22-17-9-10-18(26-4)24-19(14)17/h9-12,15-16H,6,8,13H2,1-4H3,(H,23,25)/t15-,16-/m1/s1. The van der Waals surface area contributed by atoms with Crippen molar-refractivity contribution in [1.29, 1.82) is 0 Å². The Morgan fingerprint density at radius 1 is 1.29 bits per heavy atom. The summed E-state index contributed by atoms with van der Waals surface area (Å²) in [5.74, 6) is 6.83. The van der Waals surface area contributed by atoms with Crippen molar-refractivity contribution in [1.82, 2.24) is 15.3 Å². The molecule has 28 heavy (non-hydrogen) atoms. The van der Waals surface area contributed by atoms with Crippen LogP contribution in [0.2, 0.25) is 0 Å². The molecule has 1 N–H and O–H groups in total. The molecular weight excluding hydrogens is 358 g/mol. The Labute approximate surface area is 164 Å². The second-order valence-corrected chi connectivity index (χ2v) is 7.59. The highest BCUT2D eigenvalue weighted by Crippen LogP contribution is 2.18. The molecule has 0 aliphatic carbocycles. The van der Waals surface area contributed by atoms with Gasteiger partial charge in [0.1, 0.15) is 17.2 Å². The lowest BCUT2D eigenvalue weighted by atomic mass is 10.0. The van der Waals surface area contributed by atoms with Crippen LogP contribution in [-0.4, -0.2) is 47.5 Å². The number of alkyl carbamates (subject to hydrolysis) is 1. The summed E-state index contributed by atoms with van der Waals surface area (Å²) < 4.78 is 16.3. The molecule has 0 saturated carbocycles. The van der Waals surface area contributed by atoms with E-state index in [0.717, 1.165) is 23.9 Å². The molecule has 1 saturated heterocycles. The first-order valence-corrected chi connectivity index (χ1v) is 9.26. The zero-order valence-electron chi connectivity index (χ0n) is 16.6. The molecule has 148 valence electrons. The molecule has 0 bridgehead atoms. The van der Waals surface area contributed by atoms with E-state index < -0.39 is 11.7 Å². The number of aromatic nitrogens is 2. The molecule has 1 amide bonds. The fourth-order valence-corrected chi connectivity index (χ4v) is 2.83. The summed E-state index contributed by atoms with van der Waals surface area (Å²) in [5.41, 5.74) is 1.73. The number of nitrogens with one attached hydrogen (secondary N) is 1. The van der Waals surface area contributed by atoms with Crippen LogP contribution in [-0.2, 0) is 9.47 Å². The molecule has 0 spiro atoms. The number of carbonyl (C=O) groups excluding carboxylic acids is 1. The molecule has 7 nitrogen and oxygen atoms in total. The van der Waals surface area contributed by atoms with Gasteiger partial charge in [-0.25, -0.2) is 9.78 Å². The largest absolute Gasteiger partial charge is 0.481 e. The average Bonchev–Trinajstić information content (AvgIpc) is 2.65. The molecule has 3 rings (SSSR count). The van der Waals surface area contributed by atoms with Gasteiger partial charge < -0.3 is 19.5 Å². The number of rotatable bonds is 2. The van der Waals surface area contributed by atoms with E-state index in [1.54, 1.807) is 19.4 Å². The third-order valence-corrected chi connectivity index (χ3v) is 4.13. The number of carbonyl (C=O) groups is 1. The maximum atomic E-state index is 11.9. The van der Waals surface area contributed by atoms with E-state index in [0.29, 0.717) is 18.0 Å². The lowest BCUT2D eigenvalue weighted by Crippen LogP contribution is -2.44. The van der Waals surface area contributed by atoms with E-state index in [1.165, 1.54) is 0 Å². The summed E-state index contributed by atoms with van der Waals surface area (Å²) >= 11 is 0. The summed E-state index contributed by atoms with van der Waals surface area (Å²) in [6.07, 6.45) is 2.61. The molecule has 0 radical (unpaired) electrons. The summed E-state index contributed by atoms with van der Waals surface area (Å²) in [6.45, 7) is 5.91. The van der Waals surface area contributed by atoms with Gasteiger partial charge in [0, 0.05) is 12.3 Å². The van der Waals surface area contributed by atoms with E-state index in [2.05, 4.69) is 27.1 Å². The first-order chi connectivity index (χ1) is 13.3. The summed E-state index contributed by atoms with van der Waals surface area (Å²) in [4.78, 5) is 20.6. The Hall–Kier alpha value is -2.85. The van der Waals surface area contributed by atoms with E-state index in [-0.39, 0.29) is 12.1 Å². The van der Waals surface area contributed by atoms with Gasteiger partial charge in [0.05, 0.1) is 30.8 Å². The summed E-state index contributed by atoms with van der Waals surface area (Å²) in [5, 5.41) is 2.84. The molecule has 1 aliphatic heterocycles. The van der Waals surface area contributed by atoms with Crippen molar-refractivity contribution < 1.29 is 19.0 Å². The van der Waals surface area contributed by atoms with Gasteiger partial charge in [-0.05, 0) is 45.7 Å². The van der Waals surface area contributed by atoms with Crippen molar-refractivity contribution in [3.8, 4) is 17.7 Å². The Kier molecular flexibility index (Phi) is 6.00. The fourth-order valence-electron chi connectivity index (χ4n) is 2.83.